The topological polar surface area (TPSA) is 48.3 Å². The number of nitrogens with zero attached hydrogens (tertiary/aromatic N) is 2. The van der Waals surface area contributed by atoms with E-state index in [2.05, 4.69) is 28.0 Å². The van der Waals surface area contributed by atoms with Crippen LogP contribution in [0.3, 0.4) is 0 Å². The van der Waals surface area contributed by atoms with Gasteiger partial charge in [0.1, 0.15) is 5.82 Å². The summed E-state index contributed by atoms with van der Waals surface area (Å²) in [6, 6.07) is 8.20. The van der Waals surface area contributed by atoms with Crippen LogP contribution in [0.15, 0.2) is 24.3 Å². The average Bonchev–Trinajstić information content (AvgIpc) is 2.78. The lowest BCUT2D eigenvalue weighted by Gasteiger charge is -2.08. The third-order valence-electron chi connectivity index (χ3n) is 2.90. The molecule has 0 aliphatic carbocycles. The van der Waals surface area contributed by atoms with Crippen molar-refractivity contribution < 1.29 is 9.57 Å². The van der Waals surface area contributed by atoms with Gasteiger partial charge in [-0.2, -0.15) is 5.48 Å². The Bertz CT molecular complexity index is 510. The molecule has 1 aromatic heterocycles. The van der Waals surface area contributed by atoms with E-state index in [4.69, 9.17) is 9.57 Å². The van der Waals surface area contributed by atoms with Gasteiger partial charge in [-0.3, -0.25) is 4.84 Å². The second-order valence-corrected chi connectivity index (χ2v) is 4.33. The smallest absolute Gasteiger partial charge is 0.126 e. The molecule has 104 valence electrons. The van der Waals surface area contributed by atoms with Crippen LogP contribution in [0.25, 0.3) is 11.0 Å². The molecule has 0 fully saturated rings. The van der Waals surface area contributed by atoms with Gasteiger partial charge in [-0.15, -0.1) is 0 Å². The number of aromatic nitrogens is 2. The predicted octanol–water partition coefficient (Wildman–Crippen LogP) is 2.11. The summed E-state index contributed by atoms with van der Waals surface area (Å²) in [4.78, 5) is 9.92. The number of nitrogens with one attached hydrogen (secondary N) is 1. The summed E-state index contributed by atoms with van der Waals surface area (Å²) >= 11 is 0. The lowest BCUT2D eigenvalue weighted by Crippen LogP contribution is -2.19. The molecular formula is C14H21N3O2. The van der Waals surface area contributed by atoms with Crippen molar-refractivity contribution in [2.45, 2.75) is 26.4 Å². The first-order valence-electron chi connectivity index (χ1n) is 6.64. The van der Waals surface area contributed by atoms with Crippen LogP contribution in [-0.4, -0.2) is 29.9 Å². The summed E-state index contributed by atoms with van der Waals surface area (Å²) in [6.45, 7) is 4.85. The maximum absolute atomic E-state index is 5.28. The first-order valence-corrected chi connectivity index (χ1v) is 6.64. The highest BCUT2D eigenvalue weighted by Crippen LogP contribution is 2.16. The van der Waals surface area contributed by atoms with Crippen LogP contribution in [-0.2, 0) is 22.7 Å². The summed E-state index contributed by atoms with van der Waals surface area (Å²) in [6.07, 6.45) is 1.08. The Labute approximate surface area is 113 Å². The van der Waals surface area contributed by atoms with Gasteiger partial charge in [0.2, 0.25) is 0 Å². The zero-order valence-corrected chi connectivity index (χ0v) is 11.6. The van der Waals surface area contributed by atoms with E-state index in [-0.39, 0.29) is 0 Å². The molecule has 1 heterocycles. The second-order valence-electron chi connectivity index (χ2n) is 4.33. The summed E-state index contributed by atoms with van der Waals surface area (Å²) in [5.74, 6) is 1.00. The van der Waals surface area contributed by atoms with Crippen LogP contribution < -0.4 is 5.48 Å². The highest BCUT2D eigenvalue weighted by atomic mass is 16.7. The van der Waals surface area contributed by atoms with Crippen molar-refractivity contribution in [3.63, 3.8) is 0 Å². The largest absolute Gasteiger partial charge is 0.382 e. The fraction of sp³-hybridized carbons (Fsp3) is 0.500. The minimum atomic E-state index is 0.532. The molecule has 1 N–H and O–H groups in total. The Hall–Kier alpha value is -1.43. The molecule has 2 rings (SSSR count). The minimum Gasteiger partial charge on any atom is -0.382 e. The molecule has 1 aromatic carbocycles. The molecule has 0 saturated heterocycles. The zero-order chi connectivity index (χ0) is 13.5. The molecule has 2 aromatic rings. The number of fused-ring (bicyclic) bond motifs is 1. The van der Waals surface area contributed by atoms with Gasteiger partial charge in [0.25, 0.3) is 0 Å². The molecule has 0 amide bonds. The molecule has 0 spiro atoms. The third kappa shape index (κ3) is 3.53. The minimum absolute atomic E-state index is 0.532. The molecule has 0 aliphatic rings. The van der Waals surface area contributed by atoms with E-state index in [1.807, 2.05) is 18.2 Å². The Morgan fingerprint density at radius 2 is 2.11 bits per heavy atom. The van der Waals surface area contributed by atoms with E-state index in [0.717, 1.165) is 24.3 Å². The third-order valence-corrected chi connectivity index (χ3v) is 2.90. The quantitative estimate of drug-likeness (QED) is 0.585. The molecule has 5 heteroatoms. The molecule has 0 aliphatic heterocycles. The first-order chi connectivity index (χ1) is 9.36. The van der Waals surface area contributed by atoms with E-state index < -0.39 is 0 Å². The van der Waals surface area contributed by atoms with Gasteiger partial charge < -0.3 is 9.30 Å². The molecule has 0 radical (unpaired) electrons. The Balaban J connectivity index is 2.06. The van der Waals surface area contributed by atoms with E-state index in [1.54, 1.807) is 7.11 Å². The maximum atomic E-state index is 5.28. The fourth-order valence-electron chi connectivity index (χ4n) is 2.05. The van der Waals surface area contributed by atoms with Crippen molar-refractivity contribution in [2.75, 3.05) is 20.3 Å². The van der Waals surface area contributed by atoms with Crippen molar-refractivity contribution in [1.82, 2.24) is 15.0 Å². The van der Waals surface area contributed by atoms with Crippen molar-refractivity contribution in [2.24, 2.45) is 0 Å². The summed E-state index contributed by atoms with van der Waals surface area (Å²) < 4.78 is 7.16. The number of benzene rings is 1. The van der Waals surface area contributed by atoms with Crippen molar-refractivity contribution in [1.29, 1.82) is 0 Å². The lowest BCUT2D eigenvalue weighted by molar-refractivity contribution is 0.00212. The molecule has 0 unspecified atom stereocenters. The normalized spacial score (nSPS) is 11.3. The van der Waals surface area contributed by atoms with Gasteiger partial charge in [-0.1, -0.05) is 19.1 Å². The van der Waals surface area contributed by atoms with Crippen molar-refractivity contribution >= 4 is 11.0 Å². The first kappa shape index (κ1) is 14.0. The Kier molecular flexibility index (Phi) is 5.32. The van der Waals surface area contributed by atoms with E-state index >= 15 is 0 Å². The van der Waals surface area contributed by atoms with Crippen molar-refractivity contribution in [3.05, 3.63) is 30.1 Å². The molecule has 5 nitrogen and oxygen atoms in total. The average molecular weight is 263 g/mol. The second kappa shape index (κ2) is 7.23. The molecule has 19 heavy (non-hydrogen) atoms. The molecule has 0 atom stereocenters. The number of hydrogen-bond acceptors (Lipinski definition) is 4. The number of aryl methyl sites for hydroxylation is 1. The van der Waals surface area contributed by atoms with Crippen LogP contribution in [0.5, 0.6) is 0 Å². The molecular weight excluding hydrogens is 242 g/mol. The lowest BCUT2D eigenvalue weighted by atomic mass is 10.3. The van der Waals surface area contributed by atoms with Crippen LogP contribution >= 0.6 is 0 Å². The zero-order valence-electron chi connectivity index (χ0n) is 11.6. The highest BCUT2D eigenvalue weighted by molar-refractivity contribution is 5.75. The summed E-state index contributed by atoms with van der Waals surface area (Å²) in [7, 11) is 1.66. The van der Waals surface area contributed by atoms with Crippen LogP contribution in [0.4, 0.5) is 0 Å². The summed E-state index contributed by atoms with van der Waals surface area (Å²) in [5, 5.41) is 0. The summed E-state index contributed by atoms with van der Waals surface area (Å²) in [5.41, 5.74) is 5.14. The van der Waals surface area contributed by atoms with Gasteiger partial charge in [-0.05, 0) is 18.6 Å². The van der Waals surface area contributed by atoms with E-state index in [1.165, 1.54) is 5.52 Å². The van der Waals surface area contributed by atoms with Gasteiger partial charge >= 0.3 is 0 Å². The van der Waals surface area contributed by atoms with E-state index in [9.17, 15) is 0 Å². The molecule has 0 bridgehead atoms. The fourth-order valence-corrected chi connectivity index (χ4v) is 2.05. The van der Waals surface area contributed by atoms with Gasteiger partial charge in [0.05, 0.1) is 30.8 Å². The van der Waals surface area contributed by atoms with Gasteiger partial charge in [0, 0.05) is 13.7 Å². The number of imidazole rings is 1. The maximum Gasteiger partial charge on any atom is 0.126 e. The highest BCUT2D eigenvalue weighted by Gasteiger charge is 2.08. The van der Waals surface area contributed by atoms with Crippen LogP contribution in [0, 0.1) is 0 Å². The SMILES string of the molecule is CCCn1c(CNOCCOC)nc2ccccc21. The number of hydrogen-bond donors (Lipinski definition) is 1. The predicted molar refractivity (Wildman–Crippen MR) is 74.7 cm³/mol. The van der Waals surface area contributed by atoms with Gasteiger partial charge in [0.15, 0.2) is 0 Å². The number of ether oxygens (including phenoxy) is 1. The number of rotatable bonds is 8. The Morgan fingerprint density at radius 1 is 1.26 bits per heavy atom. The number of methoxy groups -OCH3 is 1. The van der Waals surface area contributed by atoms with E-state index in [0.29, 0.717) is 19.8 Å². The standard InChI is InChI=1S/C14H21N3O2/c1-3-8-17-13-7-5-4-6-12(13)16-14(17)11-15-19-10-9-18-2/h4-7,15H,3,8-11H2,1-2H3. The number of hydroxylamine groups is 1. The Morgan fingerprint density at radius 3 is 2.89 bits per heavy atom. The van der Waals surface area contributed by atoms with Crippen molar-refractivity contribution in [3.8, 4) is 0 Å². The van der Waals surface area contributed by atoms with Crippen LogP contribution in [0.1, 0.15) is 19.2 Å². The number of para-hydroxylation sites is 2. The molecule has 0 saturated carbocycles. The van der Waals surface area contributed by atoms with Gasteiger partial charge in [-0.25, -0.2) is 4.98 Å². The monoisotopic (exact) mass is 263 g/mol. The van der Waals surface area contributed by atoms with Crippen LogP contribution in [0.2, 0.25) is 0 Å².